The number of carbonyl (C=O) groups excluding carboxylic acids is 1. The van der Waals surface area contributed by atoms with Crippen molar-refractivity contribution in [2.24, 2.45) is 5.41 Å². The van der Waals surface area contributed by atoms with Crippen LogP contribution in [0.25, 0.3) is 0 Å². The van der Waals surface area contributed by atoms with Gasteiger partial charge in [-0.15, -0.1) is 0 Å². The van der Waals surface area contributed by atoms with E-state index in [9.17, 15) is 4.79 Å². The smallest absolute Gasteiger partial charge is 0.407 e. The van der Waals surface area contributed by atoms with Crippen LogP contribution in [0.1, 0.15) is 39.5 Å². The minimum Gasteiger partial charge on any atom is -0.450 e. The highest BCUT2D eigenvalue weighted by molar-refractivity contribution is 5.68. The normalized spacial score (nSPS) is 30.4. The van der Waals surface area contributed by atoms with Crippen molar-refractivity contribution >= 4 is 6.09 Å². The van der Waals surface area contributed by atoms with Crippen LogP contribution in [0.15, 0.2) is 0 Å². The number of carbonyl (C=O) groups is 1. The number of nitrogens with one attached hydrogen (secondary N) is 2. The molecule has 0 aromatic rings. The Morgan fingerprint density at radius 1 is 1.44 bits per heavy atom. The zero-order valence-corrected chi connectivity index (χ0v) is 10.3. The van der Waals surface area contributed by atoms with Gasteiger partial charge in [0.2, 0.25) is 0 Å². The lowest BCUT2D eigenvalue weighted by molar-refractivity contribution is 0.126. The lowest BCUT2D eigenvalue weighted by Crippen LogP contribution is -2.53. The number of hydrogen-bond acceptors (Lipinski definition) is 3. The maximum absolute atomic E-state index is 11.6. The number of unbranched alkanes of at least 4 members (excludes halogenated alkanes) is 1. The summed E-state index contributed by atoms with van der Waals surface area (Å²) in [6, 6.07) is 0. The zero-order chi connectivity index (χ0) is 11.6. The number of rotatable bonds is 4. The summed E-state index contributed by atoms with van der Waals surface area (Å²) in [5, 5.41) is 6.41. The highest BCUT2D eigenvalue weighted by Crippen LogP contribution is 2.55. The Morgan fingerprint density at radius 2 is 2.19 bits per heavy atom. The minimum atomic E-state index is -0.258. The number of ether oxygens (including phenoxy) is 1. The summed E-state index contributed by atoms with van der Waals surface area (Å²) in [7, 11) is 0. The van der Waals surface area contributed by atoms with Gasteiger partial charge in [0.15, 0.2) is 0 Å². The fourth-order valence-electron chi connectivity index (χ4n) is 2.56. The molecule has 4 heteroatoms. The molecule has 1 atom stereocenters. The van der Waals surface area contributed by atoms with Crippen molar-refractivity contribution < 1.29 is 9.53 Å². The summed E-state index contributed by atoms with van der Waals surface area (Å²) >= 11 is 0. The van der Waals surface area contributed by atoms with Crippen LogP contribution in [0.5, 0.6) is 0 Å². The summed E-state index contributed by atoms with van der Waals surface area (Å²) in [5.74, 6) is 0. The van der Waals surface area contributed by atoms with Crippen LogP contribution in [0, 0.1) is 5.41 Å². The lowest BCUT2D eigenvalue weighted by atomic mass is 9.86. The summed E-state index contributed by atoms with van der Waals surface area (Å²) in [5.41, 5.74) is 0.188. The Balaban J connectivity index is 1.82. The molecule has 1 amide bonds. The third-order valence-corrected chi connectivity index (χ3v) is 4.07. The molecule has 4 nitrogen and oxygen atoms in total. The van der Waals surface area contributed by atoms with Crippen molar-refractivity contribution in [3.05, 3.63) is 0 Å². The molecule has 0 aromatic heterocycles. The van der Waals surface area contributed by atoms with Gasteiger partial charge in [-0.05, 0) is 26.2 Å². The highest BCUT2D eigenvalue weighted by Gasteiger charge is 2.60. The van der Waals surface area contributed by atoms with Gasteiger partial charge >= 0.3 is 6.09 Å². The van der Waals surface area contributed by atoms with Gasteiger partial charge in [0.1, 0.15) is 0 Å². The third kappa shape index (κ3) is 2.03. The van der Waals surface area contributed by atoms with E-state index in [1.165, 1.54) is 12.8 Å². The molecule has 16 heavy (non-hydrogen) atoms. The van der Waals surface area contributed by atoms with Crippen LogP contribution in [0.2, 0.25) is 0 Å². The summed E-state index contributed by atoms with van der Waals surface area (Å²) in [6.07, 6.45) is 4.16. The van der Waals surface area contributed by atoms with E-state index in [0.29, 0.717) is 12.0 Å². The standard InChI is InChI=1S/C12H22N2O2/c1-3-4-7-16-10(15)14-11(2)8-13-9-12(11)5-6-12/h13H,3-9H2,1-2H3,(H,14,15)/t11-/m1/s1. The van der Waals surface area contributed by atoms with Crippen LogP contribution in [0.3, 0.4) is 0 Å². The molecule has 2 aliphatic rings. The molecule has 2 N–H and O–H groups in total. The fraction of sp³-hybridized carbons (Fsp3) is 0.917. The van der Waals surface area contributed by atoms with Gasteiger partial charge in [-0.1, -0.05) is 13.3 Å². The molecular weight excluding hydrogens is 204 g/mol. The molecule has 92 valence electrons. The minimum absolute atomic E-state index is 0.115. The van der Waals surface area contributed by atoms with E-state index in [-0.39, 0.29) is 11.6 Å². The Hall–Kier alpha value is -0.770. The molecule has 1 spiro atoms. The Kier molecular flexibility index (Phi) is 3.10. The average Bonchev–Trinajstić information content (AvgIpc) is 2.93. The average molecular weight is 226 g/mol. The number of amides is 1. The maximum atomic E-state index is 11.6. The first-order valence-electron chi connectivity index (χ1n) is 6.28. The van der Waals surface area contributed by atoms with Gasteiger partial charge in [0.25, 0.3) is 0 Å². The SMILES string of the molecule is CCCCOC(=O)N[C@]1(C)CNCC12CC2. The Morgan fingerprint density at radius 3 is 2.81 bits per heavy atom. The summed E-state index contributed by atoms with van der Waals surface area (Å²) in [4.78, 5) is 11.6. The molecule has 0 unspecified atom stereocenters. The molecule has 2 fully saturated rings. The van der Waals surface area contributed by atoms with Crippen molar-refractivity contribution in [1.29, 1.82) is 0 Å². The zero-order valence-electron chi connectivity index (χ0n) is 10.3. The van der Waals surface area contributed by atoms with E-state index < -0.39 is 0 Å². The second-order valence-electron chi connectivity index (χ2n) is 5.33. The predicted molar refractivity (Wildman–Crippen MR) is 62.3 cm³/mol. The Labute approximate surface area is 97.1 Å². The monoisotopic (exact) mass is 226 g/mol. The Bertz CT molecular complexity index is 276. The fourth-order valence-corrected chi connectivity index (χ4v) is 2.56. The van der Waals surface area contributed by atoms with Gasteiger partial charge in [-0.2, -0.15) is 0 Å². The largest absolute Gasteiger partial charge is 0.450 e. The molecule has 0 radical (unpaired) electrons. The van der Waals surface area contributed by atoms with Gasteiger partial charge in [0, 0.05) is 18.5 Å². The van der Waals surface area contributed by atoms with Crippen molar-refractivity contribution in [1.82, 2.24) is 10.6 Å². The van der Waals surface area contributed by atoms with Crippen molar-refractivity contribution in [3.63, 3.8) is 0 Å². The topological polar surface area (TPSA) is 50.4 Å². The van der Waals surface area contributed by atoms with E-state index in [4.69, 9.17) is 4.74 Å². The van der Waals surface area contributed by atoms with E-state index in [0.717, 1.165) is 25.9 Å². The summed E-state index contributed by atoms with van der Waals surface area (Å²) in [6.45, 7) is 6.62. The van der Waals surface area contributed by atoms with Crippen LogP contribution >= 0.6 is 0 Å². The van der Waals surface area contributed by atoms with Gasteiger partial charge < -0.3 is 15.4 Å². The molecular formula is C12H22N2O2. The van der Waals surface area contributed by atoms with Crippen molar-refractivity contribution in [2.45, 2.75) is 45.1 Å². The second-order valence-corrected chi connectivity index (χ2v) is 5.33. The molecule has 1 aliphatic carbocycles. The molecule has 0 aromatic carbocycles. The van der Waals surface area contributed by atoms with Crippen LogP contribution in [-0.4, -0.2) is 31.3 Å². The molecule has 0 bridgehead atoms. The highest BCUT2D eigenvalue weighted by atomic mass is 16.5. The first-order valence-corrected chi connectivity index (χ1v) is 6.28. The molecule has 1 saturated carbocycles. The number of alkyl carbamates (subject to hydrolysis) is 1. The first-order chi connectivity index (χ1) is 7.62. The van der Waals surface area contributed by atoms with E-state index in [1.807, 2.05) is 0 Å². The number of hydrogen-bond donors (Lipinski definition) is 2. The van der Waals surface area contributed by atoms with Crippen molar-refractivity contribution in [3.8, 4) is 0 Å². The van der Waals surface area contributed by atoms with Gasteiger partial charge in [-0.25, -0.2) is 4.79 Å². The maximum Gasteiger partial charge on any atom is 0.407 e. The van der Waals surface area contributed by atoms with E-state index in [1.54, 1.807) is 0 Å². The van der Waals surface area contributed by atoms with Crippen molar-refractivity contribution in [2.75, 3.05) is 19.7 Å². The van der Waals surface area contributed by atoms with Gasteiger partial charge in [-0.3, -0.25) is 0 Å². The van der Waals surface area contributed by atoms with Crippen LogP contribution in [-0.2, 0) is 4.74 Å². The second kappa shape index (κ2) is 4.24. The molecule has 1 heterocycles. The molecule has 1 aliphatic heterocycles. The quantitative estimate of drug-likeness (QED) is 0.717. The third-order valence-electron chi connectivity index (χ3n) is 4.07. The predicted octanol–water partition coefficient (Wildman–Crippen LogP) is 1.65. The van der Waals surface area contributed by atoms with Crippen LogP contribution in [0.4, 0.5) is 4.79 Å². The van der Waals surface area contributed by atoms with E-state index >= 15 is 0 Å². The van der Waals surface area contributed by atoms with E-state index in [2.05, 4.69) is 24.5 Å². The first kappa shape index (κ1) is 11.7. The molecule has 1 saturated heterocycles. The van der Waals surface area contributed by atoms with Gasteiger partial charge in [0.05, 0.1) is 12.1 Å². The summed E-state index contributed by atoms with van der Waals surface area (Å²) < 4.78 is 5.15. The van der Waals surface area contributed by atoms with Crippen LogP contribution < -0.4 is 10.6 Å². The molecule has 2 rings (SSSR count). The lowest BCUT2D eigenvalue weighted by Gasteiger charge is -2.31.